The van der Waals surface area contributed by atoms with E-state index in [-0.39, 0.29) is 0 Å². The second-order valence-electron chi connectivity index (χ2n) is 8.16. The van der Waals surface area contributed by atoms with Crippen LogP contribution in [0.1, 0.15) is 65.7 Å². The molecule has 1 aliphatic heterocycles. The highest BCUT2D eigenvalue weighted by atomic mass is 15.2. The van der Waals surface area contributed by atoms with Crippen molar-refractivity contribution in [2.24, 2.45) is 17.8 Å². The van der Waals surface area contributed by atoms with E-state index in [9.17, 15) is 0 Å². The van der Waals surface area contributed by atoms with E-state index < -0.39 is 0 Å². The quantitative estimate of drug-likeness (QED) is 0.715. The third-order valence-electron chi connectivity index (χ3n) is 6.01. The molecule has 1 N–H and O–H groups in total. The molecule has 3 rings (SSSR count). The van der Waals surface area contributed by atoms with Crippen LogP contribution in [0, 0.1) is 17.8 Å². The maximum absolute atomic E-state index is 3.88. The van der Waals surface area contributed by atoms with E-state index in [1.54, 1.807) is 0 Å². The Balaban J connectivity index is 1.92. The van der Waals surface area contributed by atoms with E-state index in [1.165, 1.54) is 55.6 Å². The van der Waals surface area contributed by atoms with Crippen LogP contribution in [0.15, 0.2) is 35.3 Å². The second-order valence-corrected chi connectivity index (χ2v) is 8.16. The number of nitrogens with zero attached hydrogens (tertiary/aromatic N) is 1. The van der Waals surface area contributed by atoms with Crippen molar-refractivity contribution >= 4 is 0 Å². The average Bonchev–Trinajstić information content (AvgIpc) is 2.59. The van der Waals surface area contributed by atoms with Crippen molar-refractivity contribution in [2.45, 2.75) is 71.8 Å². The van der Waals surface area contributed by atoms with E-state index in [0.29, 0.717) is 17.9 Å². The normalized spacial score (nSPS) is 35.6. The van der Waals surface area contributed by atoms with Crippen LogP contribution in [0.2, 0.25) is 0 Å². The highest BCUT2D eigenvalue weighted by Crippen LogP contribution is 2.34. The Morgan fingerprint density at radius 1 is 1.04 bits per heavy atom. The lowest BCUT2D eigenvalue weighted by atomic mass is 9.85. The van der Waals surface area contributed by atoms with Gasteiger partial charge in [-0.2, -0.15) is 0 Å². The Hall–Kier alpha value is -1.18. The minimum absolute atomic E-state index is 0.595. The molecular formula is C21H34N2. The molecule has 3 aliphatic rings. The Morgan fingerprint density at radius 2 is 1.78 bits per heavy atom. The van der Waals surface area contributed by atoms with Crippen LogP contribution in [0.3, 0.4) is 0 Å². The van der Waals surface area contributed by atoms with E-state index >= 15 is 0 Å². The summed E-state index contributed by atoms with van der Waals surface area (Å²) in [7, 11) is 2.28. The van der Waals surface area contributed by atoms with E-state index in [4.69, 9.17) is 0 Å². The molecule has 1 heterocycles. The molecule has 0 aromatic carbocycles. The number of allylic oxidation sites excluding steroid dienone is 5. The smallest absolute Gasteiger partial charge is 0.0573 e. The van der Waals surface area contributed by atoms with E-state index in [2.05, 4.69) is 56.3 Å². The van der Waals surface area contributed by atoms with Crippen molar-refractivity contribution in [1.82, 2.24) is 10.2 Å². The minimum Gasteiger partial charge on any atom is -0.373 e. The Morgan fingerprint density at radius 3 is 2.52 bits per heavy atom. The van der Waals surface area contributed by atoms with Gasteiger partial charge in [0.15, 0.2) is 0 Å². The lowest BCUT2D eigenvalue weighted by Crippen LogP contribution is -2.33. The van der Waals surface area contributed by atoms with Crippen LogP contribution in [0.5, 0.6) is 0 Å². The first-order valence-corrected chi connectivity index (χ1v) is 9.67. The van der Waals surface area contributed by atoms with Gasteiger partial charge in [-0.05, 0) is 56.4 Å². The third-order valence-corrected chi connectivity index (χ3v) is 6.01. The number of hydrogen-bond acceptors (Lipinski definition) is 2. The van der Waals surface area contributed by atoms with Gasteiger partial charge >= 0.3 is 0 Å². The zero-order valence-corrected chi connectivity index (χ0v) is 15.4. The molecule has 0 aromatic heterocycles. The van der Waals surface area contributed by atoms with Crippen molar-refractivity contribution in [3.05, 3.63) is 35.3 Å². The summed E-state index contributed by atoms with van der Waals surface area (Å²) in [6.07, 6.45) is 16.6. The molecular weight excluding hydrogens is 280 g/mol. The molecule has 2 heteroatoms. The standard InChI is InChI=1S/C21H34N2/c1-15-10-11-19-21(14-15)23(4)17(3)12-16(2)13-20(22-19)18-8-6-5-7-9-18/h10-11,13,15-18,22H,5-9,12,14H2,1-4H3/b20-13-. The maximum atomic E-state index is 3.88. The van der Waals surface area contributed by atoms with Crippen molar-refractivity contribution < 1.29 is 0 Å². The summed E-state index contributed by atoms with van der Waals surface area (Å²) in [5.74, 6) is 2.02. The third kappa shape index (κ3) is 3.84. The molecule has 3 unspecified atom stereocenters. The maximum Gasteiger partial charge on any atom is 0.0573 e. The first-order chi connectivity index (χ1) is 11.0. The summed E-state index contributed by atoms with van der Waals surface area (Å²) >= 11 is 0. The van der Waals surface area contributed by atoms with Gasteiger partial charge < -0.3 is 10.2 Å². The molecule has 2 aliphatic carbocycles. The van der Waals surface area contributed by atoms with Gasteiger partial charge in [0, 0.05) is 24.5 Å². The van der Waals surface area contributed by atoms with Crippen LogP contribution in [0.4, 0.5) is 0 Å². The molecule has 2 nitrogen and oxygen atoms in total. The average molecular weight is 315 g/mol. The lowest BCUT2D eigenvalue weighted by molar-refractivity contribution is 0.273. The van der Waals surface area contributed by atoms with Gasteiger partial charge in [0.2, 0.25) is 0 Å². The summed E-state index contributed by atoms with van der Waals surface area (Å²) in [4.78, 5) is 2.52. The Kier molecular flexibility index (Phi) is 5.18. The van der Waals surface area contributed by atoms with Gasteiger partial charge in [-0.1, -0.05) is 45.3 Å². The highest BCUT2D eigenvalue weighted by molar-refractivity contribution is 5.33. The molecule has 0 amide bonds. The minimum atomic E-state index is 0.595. The molecule has 0 bridgehead atoms. The van der Waals surface area contributed by atoms with Crippen LogP contribution in [-0.4, -0.2) is 18.0 Å². The summed E-state index contributed by atoms with van der Waals surface area (Å²) < 4.78 is 0. The van der Waals surface area contributed by atoms with E-state index in [0.717, 1.165) is 12.3 Å². The van der Waals surface area contributed by atoms with Crippen molar-refractivity contribution in [3.8, 4) is 0 Å². The zero-order chi connectivity index (χ0) is 16.4. The molecule has 23 heavy (non-hydrogen) atoms. The Labute approximate surface area is 142 Å². The van der Waals surface area contributed by atoms with Gasteiger partial charge in [-0.3, -0.25) is 0 Å². The molecule has 1 fully saturated rings. The molecule has 1 saturated carbocycles. The van der Waals surface area contributed by atoms with Crippen molar-refractivity contribution in [2.75, 3.05) is 7.05 Å². The molecule has 0 radical (unpaired) electrons. The predicted octanol–water partition coefficient (Wildman–Crippen LogP) is 5.21. The van der Waals surface area contributed by atoms with Crippen molar-refractivity contribution in [1.29, 1.82) is 0 Å². The fraction of sp³-hybridized carbons (Fsp3) is 0.714. The van der Waals surface area contributed by atoms with Crippen LogP contribution < -0.4 is 5.32 Å². The van der Waals surface area contributed by atoms with Crippen LogP contribution in [-0.2, 0) is 0 Å². The fourth-order valence-corrected chi connectivity index (χ4v) is 4.47. The number of rotatable bonds is 1. The number of hydrogen-bond donors (Lipinski definition) is 1. The first-order valence-electron chi connectivity index (χ1n) is 9.67. The lowest BCUT2D eigenvalue weighted by Gasteiger charge is -2.34. The van der Waals surface area contributed by atoms with Gasteiger partial charge in [0.25, 0.3) is 0 Å². The fourth-order valence-electron chi connectivity index (χ4n) is 4.47. The van der Waals surface area contributed by atoms with Crippen molar-refractivity contribution in [3.63, 3.8) is 0 Å². The molecule has 0 saturated heterocycles. The number of nitrogens with one attached hydrogen (secondary N) is 1. The van der Waals surface area contributed by atoms with Gasteiger partial charge in [-0.15, -0.1) is 0 Å². The zero-order valence-electron chi connectivity index (χ0n) is 15.4. The Bertz CT molecular complexity index is 508. The van der Waals surface area contributed by atoms with Crippen LogP contribution in [0.25, 0.3) is 0 Å². The first kappa shape index (κ1) is 16.7. The largest absolute Gasteiger partial charge is 0.373 e. The predicted molar refractivity (Wildman–Crippen MR) is 98.7 cm³/mol. The molecule has 128 valence electrons. The second kappa shape index (κ2) is 7.15. The van der Waals surface area contributed by atoms with Crippen LogP contribution >= 0.6 is 0 Å². The SMILES string of the molecule is CC1C=CC2=C(C1)N(C)C(C)CC(C)/C=C(/C1CCCCC1)N2. The topological polar surface area (TPSA) is 15.3 Å². The highest BCUT2D eigenvalue weighted by Gasteiger charge is 2.26. The van der Waals surface area contributed by atoms with Gasteiger partial charge in [0.05, 0.1) is 5.70 Å². The van der Waals surface area contributed by atoms with Gasteiger partial charge in [-0.25, -0.2) is 0 Å². The van der Waals surface area contributed by atoms with E-state index in [1.807, 2.05) is 0 Å². The molecule has 0 aromatic rings. The monoisotopic (exact) mass is 314 g/mol. The summed E-state index contributed by atoms with van der Waals surface area (Å²) in [6.45, 7) is 7.09. The molecule has 0 spiro atoms. The summed E-state index contributed by atoms with van der Waals surface area (Å²) in [5, 5.41) is 3.88. The molecule has 3 atom stereocenters. The summed E-state index contributed by atoms with van der Waals surface area (Å²) in [5.41, 5.74) is 4.36. The van der Waals surface area contributed by atoms with Gasteiger partial charge in [0.1, 0.15) is 0 Å². The summed E-state index contributed by atoms with van der Waals surface area (Å²) in [6, 6.07) is 0.595.